The minimum Gasteiger partial charge on any atom is -0.491 e. The zero-order valence-corrected chi connectivity index (χ0v) is 12.1. The maximum Gasteiger partial charge on any atom is 0.339 e. The molecule has 0 heterocycles. The molecular weight excluding hydrogens is 270 g/mol. The van der Waals surface area contributed by atoms with E-state index in [2.05, 4.69) is 5.32 Å². The summed E-state index contributed by atoms with van der Waals surface area (Å²) in [5.41, 5.74) is 0.188. The molecule has 0 aromatic heterocycles. The molecule has 5 nitrogen and oxygen atoms in total. The van der Waals surface area contributed by atoms with Crippen LogP contribution in [-0.2, 0) is 0 Å². The van der Waals surface area contributed by atoms with Gasteiger partial charge in [0.1, 0.15) is 17.9 Å². The van der Waals surface area contributed by atoms with Gasteiger partial charge < -0.3 is 20.3 Å². The third kappa shape index (κ3) is 5.02. The molecule has 2 unspecified atom stereocenters. The van der Waals surface area contributed by atoms with Gasteiger partial charge in [0.25, 0.3) is 0 Å². The Labute approximate surface area is 124 Å². The average molecular weight is 293 g/mol. The number of hydrogen-bond acceptors (Lipinski definition) is 4. The van der Waals surface area contributed by atoms with Crippen molar-refractivity contribution in [3.63, 3.8) is 0 Å². The summed E-state index contributed by atoms with van der Waals surface area (Å²) in [6.07, 6.45) is 3.90. The maximum absolute atomic E-state index is 11.0. The number of rotatable bonds is 7. The Morgan fingerprint density at radius 3 is 2.90 bits per heavy atom. The van der Waals surface area contributed by atoms with Crippen molar-refractivity contribution in [2.75, 3.05) is 19.7 Å². The number of hydrogen-bond donors (Lipinski definition) is 3. The van der Waals surface area contributed by atoms with Crippen LogP contribution in [0.25, 0.3) is 0 Å². The highest BCUT2D eigenvalue weighted by Crippen LogP contribution is 2.23. The van der Waals surface area contributed by atoms with Crippen molar-refractivity contribution in [3.8, 4) is 5.75 Å². The summed E-state index contributed by atoms with van der Waals surface area (Å²) >= 11 is 0. The first-order valence-electron chi connectivity index (χ1n) is 7.50. The fourth-order valence-corrected chi connectivity index (χ4v) is 2.76. The molecule has 0 aliphatic heterocycles. The van der Waals surface area contributed by atoms with Crippen LogP contribution in [0.5, 0.6) is 5.75 Å². The fourth-order valence-electron chi connectivity index (χ4n) is 2.76. The molecule has 0 radical (unpaired) electrons. The molecule has 0 amide bonds. The van der Waals surface area contributed by atoms with Gasteiger partial charge in [0, 0.05) is 6.54 Å². The van der Waals surface area contributed by atoms with Crippen molar-refractivity contribution in [3.05, 3.63) is 29.8 Å². The van der Waals surface area contributed by atoms with Gasteiger partial charge in [0.05, 0.1) is 6.10 Å². The largest absolute Gasteiger partial charge is 0.491 e. The second kappa shape index (κ2) is 8.00. The SMILES string of the molecule is O=C(O)c1ccccc1OCCNCC1CCCC(O)C1. The number of para-hydroxylation sites is 1. The molecule has 1 aliphatic carbocycles. The van der Waals surface area contributed by atoms with E-state index in [-0.39, 0.29) is 11.7 Å². The molecule has 1 aromatic rings. The van der Waals surface area contributed by atoms with Gasteiger partial charge >= 0.3 is 5.97 Å². The van der Waals surface area contributed by atoms with Crippen molar-refractivity contribution < 1.29 is 19.7 Å². The Kier molecular flexibility index (Phi) is 6.02. The van der Waals surface area contributed by atoms with Gasteiger partial charge in [-0.15, -0.1) is 0 Å². The molecule has 2 rings (SSSR count). The summed E-state index contributed by atoms with van der Waals surface area (Å²) in [4.78, 5) is 11.0. The summed E-state index contributed by atoms with van der Waals surface area (Å²) in [6, 6.07) is 6.65. The smallest absolute Gasteiger partial charge is 0.339 e. The number of benzene rings is 1. The molecule has 0 saturated heterocycles. The van der Waals surface area contributed by atoms with E-state index < -0.39 is 5.97 Å². The standard InChI is InChI=1S/C16H23NO4/c18-13-5-3-4-12(10-13)11-17-8-9-21-15-7-2-1-6-14(15)16(19)20/h1-2,6-7,12-13,17-18H,3-5,8-11H2,(H,19,20). The van der Waals surface area contributed by atoms with E-state index in [1.165, 1.54) is 6.07 Å². The van der Waals surface area contributed by atoms with Gasteiger partial charge in [-0.3, -0.25) is 0 Å². The summed E-state index contributed by atoms with van der Waals surface area (Å²) in [5.74, 6) is -0.0466. The molecule has 0 spiro atoms. The van der Waals surface area contributed by atoms with Crippen molar-refractivity contribution in [1.29, 1.82) is 0 Å². The van der Waals surface area contributed by atoms with Gasteiger partial charge in [-0.05, 0) is 43.9 Å². The monoisotopic (exact) mass is 293 g/mol. The number of carboxylic acids is 1. The van der Waals surface area contributed by atoms with Gasteiger partial charge in [0.15, 0.2) is 0 Å². The topological polar surface area (TPSA) is 78.8 Å². The number of aliphatic hydroxyl groups excluding tert-OH is 1. The molecule has 5 heteroatoms. The van der Waals surface area contributed by atoms with Crippen LogP contribution in [0.4, 0.5) is 0 Å². The Balaban J connectivity index is 1.67. The molecule has 21 heavy (non-hydrogen) atoms. The summed E-state index contributed by atoms with van der Waals surface area (Å²) in [5, 5.41) is 22.0. The van der Waals surface area contributed by atoms with Crippen LogP contribution >= 0.6 is 0 Å². The normalized spacial score (nSPS) is 22.0. The molecule has 116 valence electrons. The molecule has 1 aliphatic rings. The summed E-state index contributed by atoms with van der Waals surface area (Å²) in [7, 11) is 0. The number of carboxylic acid groups (broad SMARTS) is 1. The third-order valence-electron chi connectivity index (χ3n) is 3.84. The first kappa shape index (κ1) is 15.8. The molecule has 2 atom stereocenters. The molecule has 3 N–H and O–H groups in total. The highest BCUT2D eigenvalue weighted by atomic mass is 16.5. The second-order valence-corrected chi connectivity index (χ2v) is 5.54. The molecule has 1 aromatic carbocycles. The van der Waals surface area contributed by atoms with Crippen LogP contribution in [-0.4, -0.2) is 42.0 Å². The lowest BCUT2D eigenvalue weighted by Gasteiger charge is -2.26. The lowest BCUT2D eigenvalue weighted by molar-refractivity contribution is 0.0692. The van der Waals surface area contributed by atoms with Gasteiger partial charge in [-0.2, -0.15) is 0 Å². The van der Waals surface area contributed by atoms with Crippen LogP contribution in [0.3, 0.4) is 0 Å². The number of carbonyl (C=O) groups is 1. The van der Waals surface area contributed by atoms with Gasteiger partial charge in [0.2, 0.25) is 0 Å². The Morgan fingerprint density at radius 2 is 2.14 bits per heavy atom. The van der Waals surface area contributed by atoms with Crippen LogP contribution < -0.4 is 10.1 Å². The Bertz CT molecular complexity index is 463. The zero-order valence-electron chi connectivity index (χ0n) is 12.1. The number of nitrogens with one attached hydrogen (secondary N) is 1. The number of ether oxygens (including phenoxy) is 1. The van der Waals surface area contributed by atoms with Crippen LogP contribution in [0.2, 0.25) is 0 Å². The molecule has 1 saturated carbocycles. The first-order chi connectivity index (χ1) is 10.2. The predicted octanol–water partition coefficient (Wildman–Crippen LogP) is 1.90. The quantitative estimate of drug-likeness (QED) is 0.669. The van der Waals surface area contributed by atoms with E-state index in [4.69, 9.17) is 9.84 Å². The number of aliphatic hydroxyl groups is 1. The highest BCUT2D eigenvalue weighted by molar-refractivity contribution is 5.90. The lowest BCUT2D eigenvalue weighted by atomic mass is 9.87. The lowest BCUT2D eigenvalue weighted by Crippen LogP contribution is -2.31. The average Bonchev–Trinajstić information content (AvgIpc) is 2.47. The van der Waals surface area contributed by atoms with Crippen molar-refractivity contribution in [1.82, 2.24) is 5.32 Å². The zero-order chi connectivity index (χ0) is 15.1. The highest BCUT2D eigenvalue weighted by Gasteiger charge is 2.19. The van der Waals surface area contributed by atoms with E-state index in [1.807, 2.05) is 0 Å². The predicted molar refractivity (Wildman–Crippen MR) is 79.7 cm³/mol. The van der Waals surface area contributed by atoms with E-state index in [0.29, 0.717) is 24.8 Å². The second-order valence-electron chi connectivity index (χ2n) is 5.54. The first-order valence-corrected chi connectivity index (χ1v) is 7.50. The Morgan fingerprint density at radius 1 is 1.33 bits per heavy atom. The van der Waals surface area contributed by atoms with E-state index in [9.17, 15) is 9.90 Å². The maximum atomic E-state index is 11.0. The van der Waals surface area contributed by atoms with Gasteiger partial charge in [-0.25, -0.2) is 4.79 Å². The summed E-state index contributed by atoms with van der Waals surface area (Å²) in [6.45, 7) is 1.97. The van der Waals surface area contributed by atoms with E-state index in [1.54, 1.807) is 18.2 Å². The molecule has 0 bridgehead atoms. The van der Waals surface area contributed by atoms with Crippen LogP contribution in [0.15, 0.2) is 24.3 Å². The van der Waals surface area contributed by atoms with Crippen LogP contribution in [0, 0.1) is 5.92 Å². The van der Waals surface area contributed by atoms with Crippen LogP contribution in [0.1, 0.15) is 36.0 Å². The summed E-state index contributed by atoms with van der Waals surface area (Å²) < 4.78 is 5.52. The Hall–Kier alpha value is -1.59. The van der Waals surface area contributed by atoms with E-state index >= 15 is 0 Å². The minimum atomic E-state index is -0.977. The van der Waals surface area contributed by atoms with Crippen molar-refractivity contribution >= 4 is 5.97 Å². The van der Waals surface area contributed by atoms with Crippen molar-refractivity contribution in [2.24, 2.45) is 5.92 Å². The fraction of sp³-hybridized carbons (Fsp3) is 0.562. The minimum absolute atomic E-state index is 0.149. The number of aromatic carboxylic acids is 1. The third-order valence-corrected chi connectivity index (χ3v) is 3.84. The molecule has 1 fully saturated rings. The molecular formula is C16H23NO4. The van der Waals surface area contributed by atoms with E-state index in [0.717, 1.165) is 32.2 Å². The van der Waals surface area contributed by atoms with Gasteiger partial charge in [-0.1, -0.05) is 18.6 Å². The van der Waals surface area contributed by atoms with Crippen molar-refractivity contribution in [2.45, 2.75) is 31.8 Å².